The first-order valence-electron chi connectivity index (χ1n) is 9.18. The van der Waals surface area contributed by atoms with Crippen molar-refractivity contribution in [1.82, 2.24) is 5.43 Å². The van der Waals surface area contributed by atoms with Crippen molar-refractivity contribution in [3.63, 3.8) is 0 Å². The van der Waals surface area contributed by atoms with Gasteiger partial charge in [-0.15, -0.1) is 0 Å². The van der Waals surface area contributed by atoms with Gasteiger partial charge in [0.05, 0.1) is 6.21 Å². The molecule has 0 spiro atoms. The third kappa shape index (κ3) is 6.51. The monoisotopic (exact) mass is 442 g/mol. The predicted octanol–water partition coefficient (Wildman–Crippen LogP) is 5.41. The number of halogens is 2. The maximum atomic E-state index is 11.9. The van der Waals surface area contributed by atoms with E-state index >= 15 is 0 Å². The smallest absolute Gasteiger partial charge is 0.277 e. The highest BCUT2D eigenvalue weighted by Gasteiger charge is 2.04. The van der Waals surface area contributed by atoms with Crippen LogP contribution >= 0.6 is 23.2 Å². The van der Waals surface area contributed by atoms with Gasteiger partial charge >= 0.3 is 0 Å². The summed E-state index contributed by atoms with van der Waals surface area (Å²) in [6, 6.07) is 20.1. The maximum absolute atomic E-state index is 11.9. The summed E-state index contributed by atoms with van der Waals surface area (Å²) in [6.07, 6.45) is 1.54. The number of ether oxygens (including phenoxy) is 2. The summed E-state index contributed by atoms with van der Waals surface area (Å²) < 4.78 is 11.2. The van der Waals surface area contributed by atoms with Gasteiger partial charge in [-0.05, 0) is 66.6 Å². The van der Waals surface area contributed by atoms with Gasteiger partial charge in [-0.1, -0.05) is 41.4 Å². The Labute approximate surface area is 185 Å². The van der Waals surface area contributed by atoms with Crippen LogP contribution in [0.3, 0.4) is 0 Å². The van der Waals surface area contributed by atoms with Gasteiger partial charge in [-0.3, -0.25) is 4.79 Å². The summed E-state index contributed by atoms with van der Waals surface area (Å²) in [7, 11) is 0. The number of nitrogens with one attached hydrogen (secondary N) is 1. The average Bonchev–Trinajstić information content (AvgIpc) is 2.75. The standard InChI is InChI=1S/C23H20Cl2N2O3/c1-16-12-20(10-11-21(16)24)30-15-23(28)27-26-13-17-6-8-19(9-7-17)29-14-18-4-2-3-5-22(18)25/h2-13H,14-15H2,1H3,(H,27,28). The first-order chi connectivity index (χ1) is 14.5. The van der Waals surface area contributed by atoms with E-state index in [4.69, 9.17) is 32.7 Å². The van der Waals surface area contributed by atoms with Crippen LogP contribution in [0.15, 0.2) is 71.8 Å². The summed E-state index contributed by atoms with van der Waals surface area (Å²) in [5.74, 6) is 0.921. The fourth-order valence-electron chi connectivity index (χ4n) is 2.49. The molecule has 1 amide bonds. The van der Waals surface area contributed by atoms with Crippen molar-refractivity contribution in [2.45, 2.75) is 13.5 Å². The Morgan fingerprint density at radius 2 is 1.70 bits per heavy atom. The quantitative estimate of drug-likeness (QED) is 0.374. The second-order valence-corrected chi connectivity index (χ2v) is 7.26. The van der Waals surface area contributed by atoms with E-state index in [-0.39, 0.29) is 12.5 Å². The van der Waals surface area contributed by atoms with E-state index in [0.717, 1.165) is 16.7 Å². The molecule has 0 unspecified atom stereocenters. The number of benzene rings is 3. The van der Waals surface area contributed by atoms with Gasteiger partial charge in [-0.25, -0.2) is 5.43 Å². The van der Waals surface area contributed by atoms with Crippen molar-refractivity contribution < 1.29 is 14.3 Å². The number of hydrazone groups is 1. The molecule has 0 aliphatic rings. The molecule has 0 radical (unpaired) electrons. The van der Waals surface area contributed by atoms with Crippen molar-refractivity contribution in [2.75, 3.05) is 6.61 Å². The molecular weight excluding hydrogens is 423 g/mol. The lowest BCUT2D eigenvalue weighted by Gasteiger charge is -2.08. The molecule has 0 heterocycles. The number of amides is 1. The number of nitrogens with zero attached hydrogens (tertiary/aromatic N) is 1. The molecule has 5 nitrogen and oxygen atoms in total. The summed E-state index contributed by atoms with van der Waals surface area (Å²) in [5, 5.41) is 5.26. The molecule has 0 fully saturated rings. The topological polar surface area (TPSA) is 59.9 Å². The number of carbonyl (C=O) groups is 1. The first-order valence-corrected chi connectivity index (χ1v) is 9.94. The van der Waals surface area contributed by atoms with E-state index in [1.165, 1.54) is 0 Å². The van der Waals surface area contributed by atoms with Crippen LogP contribution in [0, 0.1) is 6.92 Å². The summed E-state index contributed by atoms with van der Waals surface area (Å²) in [4.78, 5) is 11.9. The zero-order valence-corrected chi connectivity index (χ0v) is 17.8. The molecule has 0 aliphatic heterocycles. The van der Waals surface area contributed by atoms with Crippen LogP contribution in [0.5, 0.6) is 11.5 Å². The van der Waals surface area contributed by atoms with Crippen LogP contribution in [-0.4, -0.2) is 18.7 Å². The van der Waals surface area contributed by atoms with E-state index < -0.39 is 0 Å². The summed E-state index contributed by atoms with van der Waals surface area (Å²) >= 11 is 12.1. The number of carbonyl (C=O) groups excluding carboxylic acids is 1. The molecule has 3 aromatic rings. The minimum Gasteiger partial charge on any atom is -0.489 e. The van der Waals surface area contributed by atoms with Gasteiger partial charge in [-0.2, -0.15) is 5.10 Å². The molecule has 3 aromatic carbocycles. The van der Waals surface area contributed by atoms with Crippen LogP contribution in [0.4, 0.5) is 0 Å². The molecule has 154 valence electrons. The highest BCUT2D eigenvalue weighted by Crippen LogP contribution is 2.21. The third-order valence-electron chi connectivity index (χ3n) is 4.13. The van der Waals surface area contributed by atoms with Crippen molar-refractivity contribution in [3.8, 4) is 11.5 Å². The van der Waals surface area contributed by atoms with Crippen LogP contribution in [0.2, 0.25) is 10.0 Å². The lowest BCUT2D eigenvalue weighted by Crippen LogP contribution is -2.24. The minimum absolute atomic E-state index is 0.146. The van der Waals surface area contributed by atoms with Gasteiger partial charge in [0.15, 0.2) is 6.61 Å². The van der Waals surface area contributed by atoms with Crippen LogP contribution in [0.1, 0.15) is 16.7 Å². The number of aryl methyl sites for hydroxylation is 1. The van der Waals surface area contributed by atoms with Gasteiger partial charge < -0.3 is 9.47 Å². The molecule has 0 bridgehead atoms. The fraction of sp³-hybridized carbons (Fsp3) is 0.130. The van der Waals surface area contributed by atoms with Gasteiger partial charge in [0, 0.05) is 15.6 Å². The third-order valence-corrected chi connectivity index (χ3v) is 4.93. The van der Waals surface area contributed by atoms with Crippen molar-refractivity contribution in [1.29, 1.82) is 0 Å². The predicted molar refractivity (Wildman–Crippen MR) is 120 cm³/mol. The van der Waals surface area contributed by atoms with Crippen LogP contribution in [0.25, 0.3) is 0 Å². The Kier molecular flexibility index (Phi) is 7.71. The maximum Gasteiger partial charge on any atom is 0.277 e. The Bertz CT molecular complexity index is 1040. The molecule has 1 N–H and O–H groups in total. The summed E-state index contributed by atoms with van der Waals surface area (Å²) in [6.45, 7) is 2.11. The molecule has 30 heavy (non-hydrogen) atoms. The molecule has 0 saturated carbocycles. The van der Waals surface area contributed by atoms with Gasteiger partial charge in [0.25, 0.3) is 5.91 Å². The molecule has 0 saturated heterocycles. The fourth-order valence-corrected chi connectivity index (χ4v) is 2.80. The highest BCUT2D eigenvalue weighted by molar-refractivity contribution is 6.31. The lowest BCUT2D eigenvalue weighted by atomic mass is 10.2. The zero-order chi connectivity index (χ0) is 21.3. The molecule has 0 aromatic heterocycles. The zero-order valence-electron chi connectivity index (χ0n) is 16.3. The Balaban J connectivity index is 1.43. The highest BCUT2D eigenvalue weighted by atomic mass is 35.5. The molecule has 3 rings (SSSR count). The molecule has 7 heteroatoms. The van der Waals surface area contributed by atoms with E-state index in [1.54, 1.807) is 24.4 Å². The number of hydrogen-bond donors (Lipinski definition) is 1. The second-order valence-electron chi connectivity index (χ2n) is 6.44. The van der Waals surface area contributed by atoms with Crippen molar-refractivity contribution in [2.24, 2.45) is 5.10 Å². The minimum atomic E-state index is -0.362. The molecular formula is C23H20Cl2N2O3. The average molecular weight is 443 g/mol. The van der Waals surface area contributed by atoms with Crippen LogP contribution < -0.4 is 14.9 Å². The summed E-state index contributed by atoms with van der Waals surface area (Å²) in [5.41, 5.74) is 5.04. The number of hydrogen-bond acceptors (Lipinski definition) is 4. The van der Waals surface area contributed by atoms with E-state index in [9.17, 15) is 4.79 Å². The normalized spacial score (nSPS) is 10.8. The first kappa shape index (κ1) is 21.7. The van der Waals surface area contributed by atoms with Crippen LogP contribution in [-0.2, 0) is 11.4 Å². The Morgan fingerprint density at radius 3 is 2.43 bits per heavy atom. The second kappa shape index (κ2) is 10.7. The molecule has 0 atom stereocenters. The van der Waals surface area contributed by atoms with E-state index in [0.29, 0.717) is 28.2 Å². The molecule has 0 aliphatic carbocycles. The van der Waals surface area contributed by atoms with E-state index in [2.05, 4.69) is 10.5 Å². The Morgan fingerprint density at radius 1 is 0.967 bits per heavy atom. The van der Waals surface area contributed by atoms with Crippen molar-refractivity contribution in [3.05, 3.63) is 93.5 Å². The van der Waals surface area contributed by atoms with Gasteiger partial charge in [0.1, 0.15) is 18.1 Å². The number of rotatable bonds is 8. The van der Waals surface area contributed by atoms with Crippen molar-refractivity contribution >= 4 is 35.3 Å². The lowest BCUT2D eigenvalue weighted by molar-refractivity contribution is -0.123. The Hall–Kier alpha value is -3.02. The van der Waals surface area contributed by atoms with E-state index in [1.807, 2.05) is 55.5 Å². The van der Waals surface area contributed by atoms with Gasteiger partial charge in [0.2, 0.25) is 0 Å². The largest absolute Gasteiger partial charge is 0.489 e. The SMILES string of the molecule is Cc1cc(OCC(=O)NN=Cc2ccc(OCc3ccccc3Cl)cc2)ccc1Cl.